The summed E-state index contributed by atoms with van der Waals surface area (Å²) in [6, 6.07) is 4.58. The van der Waals surface area contributed by atoms with E-state index in [4.69, 9.17) is 0 Å². The standard InChI is InChI=1S/C22H20F2N8O2/c23-22(24)34-17-2-1-6-32-16(17)8-14(30-32)20-19-13(27-11-28-19)5-7-31(20)18-10-25-15(9-26-18)21(33)29-12-3-4-12/h1-2,6,8-12,20,22H,3-5,7H2,(H,27,28)(H,29,33)/t20-/m1/s1. The summed E-state index contributed by atoms with van der Waals surface area (Å²) in [4.78, 5) is 30.8. The third kappa shape index (κ3) is 3.70. The number of amides is 1. The summed E-state index contributed by atoms with van der Waals surface area (Å²) in [5.41, 5.74) is 3.00. The van der Waals surface area contributed by atoms with Crippen LogP contribution >= 0.6 is 0 Å². The molecule has 10 nitrogen and oxygen atoms in total. The Morgan fingerprint density at radius 2 is 2.12 bits per heavy atom. The number of aromatic nitrogens is 6. The van der Waals surface area contributed by atoms with Crippen molar-refractivity contribution >= 4 is 17.2 Å². The van der Waals surface area contributed by atoms with Crippen molar-refractivity contribution in [3.05, 3.63) is 65.9 Å². The fourth-order valence-corrected chi connectivity index (χ4v) is 4.23. The highest BCUT2D eigenvalue weighted by molar-refractivity contribution is 5.92. The van der Waals surface area contributed by atoms with Gasteiger partial charge in [0.1, 0.15) is 23.1 Å². The number of anilines is 1. The van der Waals surface area contributed by atoms with Gasteiger partial charge in [0, 0.05) is 30.9 Å². The number of pyridine rings is 1. The van der Waals surface area contributed by atoms with Gasteiger partial charge in [-0.3, -0.25) is 4.79 Å². The van der Waals surface area contributed by atoms with Gasteiger partial charge in [0.15, 0.2) is 5.75 Å². The average Bonchev–Trinajstić information content (AvgIpc) is 3.33. The van der Waals surface area contributed by atoms with Crippen LogP contribution in [0.15, 0.2) is 43.1 Å². The van der Waals surface area contributed by atoms with E-state index in [-0.39, 0.29) is 23.4 Å². The Balaban J connectivity index is 1.37. The van der Waals surface area contributed by atoms with E-state index in [1.807, 2.05) is 4.90 Å². The van der Waals surface area contributed by atoms with Crippen molar-refractivity contribution in [3.63, 3.8) is 0 Å². The molecule has 1 atom stereocenters. The van der Waals surface area contributed by atoms with Crippen LogP contribution in [0.1, 0.15) is 46.5 Å². The maximum absolute atomic E-state index is 12.9. The van der Waals surface area contributed by atoms with Crippen LogP contribution in [0.4, 0.5) is 14.6 Å². The van der Waals surface area contributed by atoms with E-state index < -0.39 is 12.7 Å². The molecule has 0 unspecified atom stereocenters. The molecule has 1 aliphatic heterocycles. The maximum Gasteiger partial charge on any atom is 0.387 e. The van der Waals surface area contributed by atoms with Gasteiger partial charge in [-0.05, 0) is 31.0 Å². The van der Waals surface area contributed by atoms with Crippen LogP contribution in [0.3, 0.4) is 0 Å². The molecular weight excluding hydrogens is 446 g/mol. The molecule has 0 bridgehead atoms. The molecule has 1 amide bonds. The topological polar surface area (TPSA) is 113 Å². The number of imidazole rings is 1. The van der Waals surface area contributed by atoms with Crippen LogP contribution in [0, 0.1) is 0 Å². The smallest absolute Gasteiger partial charge is 0.387 e. The number of carbonyl (C=O) groups is 1. The van der Waals surface area contributed by atoms with Crippen LogP contribution in [0.5, 0.6) is 5.75 Å². The molecule has 12 heteroatoms. The van der Waals surface area contributed by atoms with Gasteiger partial charge in [-0.25, -0.2) is 19.5 Å². The summed E-state index contributed by atoms with van der Waals surface area (Å²) < 4.78 is 32.0. The van der Waals surface area contributed by atoms with E-state index in [0.29, 0.717) is 30.0 Å². The molecule has 1 fully saturated rings. The number of ether oxygens (including phenoxy) is 1. The number of hydrogen-bond donors (Lipinski definition) is 2. The lowest BCUT2D eigenvalue weighted by Crippen LogP contribution is -2.37. The minimum atomic E-state index is -2.94. The van der Waals surface area contributed by atoms with Crippen molar-refractivity contribution in [1.29, 1.82) is 0 Å². The summed E-state index contributed by atoms with van der Waals surface area (Å²) in [6.07, 6.45) is 8.99. The number of hydrogen-bond acceptors (Lipinski definition) is 7. The van der Waals surface area contributed by atoms with Gasteiger partial charge in [0.25, 0.3) is 5.91 Å². The molecule has 5 heterocycles. The summed E-state index contributed by atoms with van der Waals surface area (Å²) in [7, 11) is 0. The summed E-state index contributed by atoms with van der Waals surface area (Å²) in [5.74, 6) is 0.354. The highest BCUT2D eigenvalue weighted by Crippen LogP contribution is 2.36. The van der Waals surface area contributed by atoms with E-state index in [2.05, 4.69) is 35.1 Å². The van der Waals surface area contributed by atoms with Gasteiger partial charge >= 0.3 is 6.61 Å². The van der Waals surface area contributed by atoms with Crippen LogP contribution in [-0.4, -0.2) is 54.7 Å². The number of nitrogens with zero attached hydrogens (tertiary/aromatic N) is 6. The minimum absolute atomic E-state index is 0.0340. The Bertz CT molecular complexity index is 1350. The zero-order chi connectivity index (χ0) is 23.2. The lowest BCUT2D eigenvalue weighted by atomic mass is 10.00. The van der Waals surface area contributed by atoms with E-state index in [9.17, 15) is 13.6 Å². The molecule has 4 aromatic heterocycles. The van der Waals surface area contributed by atoms with Crippen molar-refractivity contribution in [3.8, 4) is 5.75 Å². The number of rotatable bonds is 6. The Kier molecular flexibility index (Phi) is 4.85. The molecule has 4 aromatic rings. The molecule has 34 heavy (non-hydrogen) atoms. The van der Waals surface area contributed by atoms with Crippen LogP contribution < -0.4 is 15.0 Å². The minimum Gasteiger partial charge on any atom is -0.433 e. The second-order valence-corrected chi connectivity index (χ2v) is 8.27. The molecule has 0 saturated heterocycles. The fourth-order valence-electron chi connectivity index (χ4n) is 4.23. The molecule has 174 valence electrons. The van der Waals surface area contributed by atoms with Crippen molar-refractivity contribution < 1.29 is 18.3 Å². The molecule has 1 saturated carbocycles. The zero-order valence-corrected chi connectivity index (χ0v) is 17.9. The molecular formula is C22H20F2N8O2. The van der Waals surface area contributed by atoms with Crippen LogP contribution in [0.2, 0.25) is 0 Å². The Labute approximate surface area is 192 Å². The SMILES string of the molecule is O=C(NC1CC1)c1cnc(N2CCc3[nH]cnc3[C@H]2c2cc3c(OC(F)F)cccn3n2)cn1. The second kappa shape index (κ2) is 8.04. The maximum atomic E-state index is 12.9. The number of alkyl halides is 2. The predicted molar refractivity (Wildman–Crippen MR) is 116 cm³/mol. The molecule has 2 aliphatic rings. The first-order valence-electron chi connectivity index (χ1n) is 10.9. The number of halogens is 2. The van der Waals surface area contributed by atoms with Crippen LogP contribution in [-0.2, 0) is 6.42 Å². The second-order valence-electron chi connectivity index (χ2n) is 8.27. The van der Waals surface area contributed by atoms with Crippen molar-refractivity contribution in [1.82, 2.24) is 34.9 Å². The summed E-state index contributed by atoms with van der Waals surface area (Å²) >= 11 is 0. The molecule has 6 rings (SSSR count). The van der Waals surface area contributed by atoms with Gasteiger partial charge in [0.2, 0.25) is 0 Å². The zero-order valence-electron chi connectivity index (χ0n) is 17.9. The fraction of sp³-hybridized carbons (Fsp3) is 0.318. The third-order valence-corrected chi connectivity index (χ3v) is 5.98. The number of H-pyrrole nitrogens is 1. The van der Waals surface area contributed by atoms with Gasteiger partial charge in [-0.1, -0.05) is 0 Å². The van der Waals surface area contributed by atoms with Gasteiger partial charge in [0.05, 0.1) is 30.1 Å². The lowest BCUT2D eigenvalue weighted by Gasteiger charge is -2.34. The first-order chi connectivity index (χ1) is 16.6. The van der Waals surface area contributed by atoms with E-state index in [0.717, 1.165) is 24.2 Å². The Hall–Kier alpha value is -4.09. The number of nitrogens with one attached hydrogen (secondary N) is 2. The van der Waals surface area contributed by atoms with Crippen molar-refractivity contribution in [2.24, 2.45) is 0 Å². The quantitative estimate of drug-likeness (QED) is 0.449. The van der Waals surface area contributed by atoms with E-state index in [1.54, 1.807) is 30.9 Å². The number of fused-ring (bicyclic) bond motifs is 2. The van der Waals surface area contributed by atoms with Gasteiger partial charge in [-0.2, -0.15) is 13.9 Å². The number of carbonyl (C=O) groups excluding carboxylic acids is 1. The van der Waals surface area contributed by atoms with Gasteiger partial charge in [-0.15, -0.1) is 0 Å². The average molecular weight is 466 g/mol. The highest BCUT2D eigenvalue weighted by Gasteiger charge is 2.34. The molecule has 0 radical (unpaired) electrons. The lowest BCUT2D eigenvalue weighted by molar-refractivity contribution is -0.0490. The van der Waals surface area contributed by atoms with Crippen molar-refractivity contribution in [2.45, 2.75) is 38.0 Å². The highest BCUT2D eigenvalue weighted by atomic mass is 19.3. The third-order valence-electron chi connectivity index (χ3n) is 5.98. The summed E-state index contributed by atoms with van der Waals surface area (Å²) in [5, 5.41) is 7.53. The largest absolute Gasteiger partial charge is 0.433 e. The molecule has 0 spiro atoms. The van der Waals surface area contributed by atoms with E-state index >= 15 is 0 Å². The van der Waals surface area contributed by atoms with Crippen molar-refractivity contribution in [2.75, 3.05) is 11.4 Å². The molecule has 2 N–H and O–H groups in total. The first-order valence-corrected chi connectivity index (χ1v) is 10.9. The number of aromatic amines is 1. The van der Waals surface area contributed by atoms with Crippen LogP contribution in [0.25, 0.3) is 5.52 Å². The molecule has 0 aromatic carbocycles. The normalized spacial score (nSPS) is 17.7. The first kappa shape index (κ1) is 20.5. The van der Waals surface area contributed by atoms with Gasteiger partial charge < -0.3 is 19.9 Å². The predicted octanol–water partition coefficient (Wildman–Crippen LogP) is 2.49. The monoisotopic (exact) mass is 466 g/mol. The Morgan fingerprint density at radius 1 is 1.24 bits per heavy atom. The summed E-state index contributed by atoms with van der Waals surface area (Å²) in [6.45, 7) is -2.35. The Morgan fingerprint density at radius 3 is 2.88 bits per heavy atom. The molecule has 1 aliphatic carbocycles. The van der Waals surface area contributed by atoms with E-state index in [1.165, 1.54) is 16.8 Å².